The number of anilines is 1. The van der Waals surface area contributed by atoms with Gasteiger partial charge in [-0.15, -0.1) is 0 Å². The van der Waals surface area contributed by atoms with Gasteiger partial charge in [0.25, 0.3) is 0 Å². The van der Waals surface area contributed by atoms with E-state index in [0.717, 1.165) is 21.8 Å². The summed E-state index contributed by atoms with van der Waals surface area (Å²) in [5.41, 5.74) is 0. The standard InChI is InChI=1S/C13H20N2OS/c1-7(2)11-12(16)15-13(17-11)14-10-6-8-3-4-9(10)5-8/h7-10,16H,3-6H2,1-2H3,(H,14,15)/t8-,9+,10+/m0/s1. The van der Waals surface area contributed by atoms with Gasteiger partial charge in [0.05, 0.1) is 4.88 Å². The summed E-state index contributed by atoms with van der Waals surface area (Å²) in [6, 6.07) is 0.597. The van der Waals surface area contributed by atoms with Crippen molar-refractivity contribution in [2.24, 2.45) is 11.8 Å². The van der Waals surface area contributed by atoms with Gasteiger partial charge in [-0.05, 0) is 37.0 Å². The summed E-state index contributed by atoms with van der Waals surface area (Å²) < 4.78 is 0. The van der Waals surface area contributed by atoms with Gasteiger partial charge in [0.2, 0.25) is 5.88 Å². The van der Waals surface area contributed by atoms with Crippen LogP contribution < -0.4 is 5.32 Å². The zero-order chi connectivity index (χ0) is 12.0. The minimum absolute atomic E-state index is 0.218. The molecule has 0 aromatic carbocycles. The number of hydrogen-bond acceptors (Lipinski definition) is 4. The Morgan fingerprint density at radius 1 is 1.35 bits per heavy atom. The average molecular weight is 252 g/mol. The van der Waals surface area contributed by atoms with Crippen molar-refractivity contribution in [2.45, 2.75) is 51.5 Å². The van der Waals surface area contributed by atoms with Gasteiger partial charge in [-0.25, -0.2) is 0 Å². The maximum absolute atomic E-state index is 9.77. The van der Waals surface area contributed by atoms with E-state index in [1.165, 1.54) is 25.7 Å². The lowest BCUT2D eigenvalue weighted by Gasteiger charge is -2.22. The molecule has 1 heterocycles. The lowest BCUT2D eigenvalue weighted by molar-refractivity contribution is 0.436. The molecular weight excluding hydrogens is 232 g/mol. The highest BCUT2D eigenvalue weighted by Crippen LogP contribution is 2.46. The van der Waals surface area contributed by atoms with Crippen LogP contribution in [0.5, 0.6) is 5.88 Å². The summed E-state index contributed by atoms with van der Waals surface area (Å²) in [6.45, 7) is 4.18. The minimum atomic E-state index is 0.218. The van der Waals surface area contributed by atoms with Gasteiger partial charge in [-0.1, -0.05) is 31.6 Å². The highest BCUT2D eigenvalue weighted by Gasteiger charge is 2.39. The smallest absolute Gasteiger partial charge is 0.227 e. The fourth-order valence-electron chi connectivity index (χ4n) is 3.34. The van der Waals surface area contributed by atoms with Crippen LogP contribution in [0.3, 0.4) is 0 Å². The highest BCUT2D eigenvalue weighted by molar-refractivity contribution is 7.16. The quantitative estimate of drug-likeness (QED) is 0.864. The van der Waals surface area contributed by atoms with Crippen LogP contribution in [0.15, 0.2) is 0 Å². The summed E-state index contributed by atoms with van der Waals surface area (Å²) in [5.74, 6) is 2.35. The van der Waals surface area contributed by atoms with Gasteiger partial charge in [0.15, 0.2) is 5.13 Å². The molecule has 0 saturated heterocycles. The summed E-state index contributed by atoms with van der Waals surface area (Å²) in [4.78, 5) is 5.24. The van der Waals surface area contributed by atoms with Crippen LogP contribution in [0.1, 0.15) is 50.3 Å². The van der Waals surface area contributed by atoms with Gasteiger partial charge < -0.3 is 10.4 Å². The summed E-state index contributed by atoms with van der Waals surface area (Å²) in [7, 11) is 0. The van der Waals surface area contributed by atoms with Crippen LogP contribution in [0.25, 0.3) is 0 Å². The second kappa shape index (κ2) is 4.16. The predicted octanol–water partition coefficient (Wildman–Crippen LogP) is 3.57. The number of fused-ring (bicyclic) bond motifs is 2. The third kappa shape index (κ3) is 2.03. The van der Waals surface area contributed by atoms with Crippen molar-refractivity contribution < 1.29 is 5.11 Å². The summed E-state index contributed by atoms with van der Waals surface area (Å²) >= 11 is 1.61. The van der Waals surface area contributed by atoms with E-state index in [-0.39, 0.29) is 5.88 Å². The molecule has 4 heteroatoms. The summed E-state index contributed by atoms with van der Waals surface area (Å²) in [5, 5.41) is 14.2. The molecule has 2 saturated carbocycles. The van der Waals surface area contributed by atoms with Crippen molar-refractivity contribution in [3.05, 3.63) is 4.88 Å². The first kappa shape index (κ1) is 11.3. The molecule has 3 atom stereocenters. The van der Waals surface area contributed by atoms with Gasteiger partial charge in [-0.3, -0.25) is 0 Å². The fraction of sp³-hybridized carbons (Fsp3) is 0.769. The molecule has 0 aliphatic heterocycles. The normalized spacial score (nSPS) is 31.4. The molecule has 1 aromatic rings. The largest absolute Gasteiger partial charge is 0.492 e. The van der Waals surface area contributed by atoms with Crippen molar-refractivity contribution in [2.75, 3.05) is 5.32 Å². The predicted molar refractivity (Wildman–Crippen MR) is 70.7 cm³/mol. The van der Waals surface area contributed by atoms with Crippen LogP contribution in [-0.4, -0.2) is 16.1 Å². The van der Waals surface area contributed by atoms with E-state index < -0.39 is 0 Å². The van der Waals surface area contributed by atoms with Crippen LogP contribution in [-0.2, 0) is 0 Å². The van der Waals surface area contributed by atoms with E-state index in [1.807, 2.05) is 0 Å². The third-order valence-corrected chi connectivity index (χ3v) is 5.48. The fourth-order valence-corrected chi connectivity index (χ4v) is 4.27. The second-order valence-corrected chi connectivity index (χ2v) is 6.82. The van der Waals surface area contributed by atoms with Crippen LogP contribution >= 0.6 is 11.3 Å². The van der Waals surface area contributed by atoms with Crippen LogP contribution in [0, 0.1) is 11.8 Å². The zero-order valence-corrected chi connectivity index (χ0v) is 11.3. The number of rotatable bonds is 3. The Morgan fingerprint density at radius 3 is 2.71 bits per heavy atom. The van der Waals surface area contributed by atoms with E-state index in [1.54, 1.807) is 11.3 Å². The second-order valence-electron chi connectivity index (χ2n) is 5.79. The van der Waals surface area contributed by atoms with Crippen molar-refractivity contribution in [3.8, 4) is 5.88 Å². The van der Waals surface area contributed by atoms with Gasteiger partial charge in [-0.2, -0.15) is 4.98 Å². The topological polar surface area (TPSA) is 45.2 Å². The Hall–Kier alpha value is -0.770. The minimum Gasteiger partial charge on any atom is -0.492 e. The first-order valence-electron chi connectivity index (χ1n) is 6.59. The van der Waals surface area contributed by atoms with Crippen molar-refractivity contribution in [1.29, 1.82) is 0 Å². The molecule has 2 N–H and O–H groups in total. The maximum atomic E-state index is 9.77. The zero-order valence-electron chi connectivity index (χ0n) is 10.4. The first-order chi connectivity index (χ1) is 8.13. The monoisotopic (exact) mass is 252 g/mol. The molecule has 0 spiro atoms. The first-order valence-corrected chi connectivity index (χ1v) is 7.41. The number of aromatic nitrogens is 1. The average Bonchev–Trinajstić information content (AvgIpc) is 2.93. The van der Waals surface area contributed by atoms with Crippen LogP contribution in [0.2, 0.25) is 0 Å². The van der Waals surface area contributed by atoms with Gasteiger partial charge >= 0.3 is 0 Å². The number of hydrogen-bond donors (Lipinski definition) is 2. The Bertz CT molecular complexity index is 416. The van der Waals surface area contributed by atoms with E-state index in [0.29, 0.717) is 12.0 Å². The Balaban J connectivity index is 1.71. The van der Waals surface area contributed by atoms with Crippen LogP contribution in [0.4, 0.5) is 5.13 Å². The van der Waals surface area contributed by atoms with Gasteiger partial charge in [0.1, 0.15) is 0 Å². The van der Waals surface area contributed by atoms with E-state index >= 15 is 0 Å². The molecule has 17 heavy (non-hydrogen) atoms. The molecular formula is C13H20N2OS. The summed E-state index contributed by atoms with van der Waals surface area (Å²) in [6.07, 6.45) is 5.48. The molecule has 0 radical (unpaired) electrons. The lowest BCUT2D eigenvalue weighted by atomic mass is 9.96. The number of nitrogens with zero attached hydrogens (tertiary/aromatic N) is 1. The molecule has 1 aromatic heterocycles. The number of nitrogens with one attached hydrogen (secondary N) is 1. The Labute approximate surface area is 106 Å². The molecule has 2 aliphatic rings. The lowest BCUT2D eigenvalue weighted by Crippen LogP contribution is -2.25. The number of aromatic hydroxyl groups is 1. The molecule has 2 fully saturated rings. The molecule has 3 nitrogen and oxygen atoms in total. The SMILES string of the molecule is CC(C)c1sc(N[C@@H]2C[C@H]3CC[C@@H]2C3)nc1O. The molecule has 94 valence electrons. The molecule has 2 bridgehead atoms. The molecule has 3 rings (SSSR count). The molecule has 0 unspecified atom stereocenters. The van der Waals surface area contributed by atoms with Crippen molar-refractivity contribution >= 4 is 16.5 Å². The Kier molecular flexibility index (Phi) is 2.77. The number of thiazole rings is 1. The maximum Gasteiger partial charge on any atom is 0.227 e. The third-order valence-electron chi connectivity index (χ3n) is 4.21. The highest BCUT2D eigenvalue weighted by atomic mass is 32.1. The van der Waals surface area contributed by atoms with E-state index in [9.17, 15) is 5.11 Å². The molecule has 0 amide bonds. The van der Waals surface area contributed by atoms with Crippen molar-refractivity contribution in [3.63, 3.8) is 0 Å². The van der Waals surface area contributed by atoms with E-state index in [2.05, 4.69) is 24.1 Å². The Morgan fingerprint density at radius 2 is 2.18 bits per heavy atom. The molecule has 2 aliphatic carbocycles. The van der Waals surface area contributed by atoms with Gasteiger partial charge in [0, 0.05) is 6.04 Å². The van der Waals surface area contributed by atoms with Crippen molar-refractivity contribution in [1.82, 2.24) is 4.98 Å². The van der Waals surface area contributed by atoms with E-state index in [4.69, 9.17) is 0 Å².